The average molecular weight is 229 g/mol. The van der Waals surface area contributed by atoms with Crippen LogP contribution in [0.1, 0.15) is 11.4 Å². The zero-order valence-electron chi connectivity index (χ0n) is 9.51. The Balaban J connectivity index is 2.97. The highest BCUT2D eigenvalue weighted by Crippen LogP contribution is 2.17. The van der Waals surface area contributed by atoms with Gasteiger partial charge in [-0.1, -0.05) is 4.98 Å². The molecule has 0 bridgehead atoms. The second-order valence-electron chi connectivity index (χ2n) is 3.56. The van der Waals surface area contributed by atoms with E-state index in [4.69, 9.17) is 4.74 Å². The van der Waals surface area contributed by atoms with Gasteiger partial charge in [-0.2, -0.15) is 0 Å². The molecule has 1 heterocycles. The van der Waals surface area contributed by atoms with Crippen molar-refractivity contribution in [3.8, 4) is 0 Å². The van der Waals surface area contributed by atoms with Gasteiger partial charge in [-0.25, -0.2) is 4.57 Å². The van der Waals surface area contributed by atoms with E-state index in [1.165, 1.54) is 11.7 Å². The summed E-state index contributed by atoms with van der Waals surface area (Å²) >= 11 is 0. The first kappa shape index (κ1) is 12.6. The number of nitro groups is 1. The molecule has 1 unspecified atom stereocenters. The molecular formula is C9H15N3O4. The zero-order chi connectivity index (χ0) is 12.3. The van der Waals surface area contributed by atoms with Gasteiger partial charge in [0.2, 0.25) is 0 Å². The van der Waals surface area contributed by atoms with E-state index in [-0.39, 0.29) is 19.1 Å². The molecule has 0 aliphatic carbocycles. The smallest absolute Gasteiger partial charge is 0.390 e. The number of aromatic nitrogens is 2. The Bertz CT molecular complexity index is 388. The van der Waals surface area contributed by atoms with E-state index in [0.717, 1.165) is 0 Å². The minimum atomic E-state index is -0.781. The molecule has 0 amide bonds. The average Bonchev–Trinajstić information content (AvgIpc) is 2.46. The van der Waals surface area contributed by atoms with E-state index in [1.807, 2.05) is 0 Å². The van der Waals surface area contributed by atoms with Crippen molar-refractivity contribution in [1.29, 1.82) is 0 Å². The lowest BCUT2D eigenvalue weighted by Gasteiger charge is -2.09. The van der Waals surface area contributed by atoms with Crippen LogP contribution in [0.2, 0.25) is 0 Å². The van der Waals surface area contributed by atoms with E-state index in [0.29, 0.717) is 11.4 Å². The van der Waals surface area contributed by atoms with Crippen LogP contribution in [0.4, 0.5) is 5.95 Å². The summed E-state index contributed by atoms with van der Waals surface area (Å²) in [6, 6.07) is 0. The van der Waals surface area contributed by atoms with Gasteiger partial charge in [-0.3, -0.25) is 0 Å². The molecule has 1 aromatic heterocycles. The molecule has 90 valence electrons. The van der Waals surface area contributed by atoms with Crippen LogP contribution in [0.5, 0.6) is 0 Å². The van der Waals surface area contributed by atoms with Crippen molar-refractivity contribution in [2.45, 2.75) is 26.5 Å². The molecule has 7 heteroatoms. The SMILES string of the molecule is COCC(O)Cn1c([N+](=O)[O-])nc(C)c1C. The first-order chi connectivity index (χ1) is 7.47. The molecule has 1 aromatic rings. The summed E-state index contributed by atoms with van der Waals surface area (Å²) in [7, 11) is 1.46. The van der Waals surface area contributed by atoms with E-state index >= 15 is 0 Å². The minimum absolute atomic E-state index is 0.108. The van der Waals surface area contributed by atoms with Gasteiger partial charge in [0.25, 0.3) is 0 Å². The maximum atomic E-state index is 10.7. The van der Waals surface area contributed by atoms with Crippen LogP contribution >= 0.6 is 0 Å². The first-order valence-electron chi connectivity index (χ1n) is 4.82. The molecule has 7 nitrogen and oxygen atoms in total. The standard InChI is InChI=1S/C9H15N3O4/c1-6-7(2)11(4-8(13)5-16-3)9(10-6)12(14)15/h8,13H,4-5H2,1-3H3. The summed E-state index contributed by atoms with van der Waals surface area (Å²) in [5.74, 6) is -0.245. The number of aliphatic hydroxyl groups excluding tert-OH is 1. The molecule has 0 radical (unpaired) electrons. The fraction of sp³-hybridized carbons (Fsp3) is 0.667. The Morgan fingerprint density at radius 1 is 1.62 bits per heavy atom. The fourth-order valence-electron chi connectivity index (χ4n) is 1.45. The topological polar surface area (TPSA) is 90.4 Å². The quantitative estimate of drug-likeness (QED) is 0.583. The Morgan fingerprint density at radius 3 is 2.75 bits per heavy atom. The van der Waals surface area contributed by atoms with Crippen molar-refractivity contribution in [2.75, 3.05) is 13.7 Å². The molecule has 0 saturated carbocycles. The molecule has 1 N–H and O–H groups in total. The Hall–Kier alpha value is -1.47. The summed E-state index contributed by atoms with van der Waals surface area (Å²) < 4.78 is 6.16. The summed E-state index contributed by atoms with van der Waals surface area (Å²) in [4.78, 5) is 14.0. The van der Waals surface area contributed by atoms with Crippen molar-refractivity contribution in [1.82, 2.24) is 9.55 Å². The number of hydrogen-bond acceptors (Lipinski definition) is 5. The molecular weight excluding hydrogens is 214 g/mol. The maximum Gasteiger partial charge on any atom is 0.435 e. The molecule has 1 rings (SSSR count). The largest absolute Gasteiger partial charge is 0.435 e. The Morgan fingerprint density at radius 2 is 2.25 bits per heavy atom. The first-order valence-corrected chi connectivity index (χ1v) is 4.82. The van der Waals surface area contributed by atoms with Crippen LogP contribution in [0.3, 0.4) is 0 Å². The van der Waals surface area contributed by atoms with E-state index in [9.17, 15) is 15.2 Å². The number of imidazole rings is 1. The predicted octanol–water partition coefficient (Wildman–Crippen LogP) is 0.415. The Kier molecular flexibility index (Phi) is 3.97. The highest BCUT2D eigenvalue weighted by Gasteiger charge is 2.23. The van der Waals surface area contributed by atoms with Crippen molar-refractivity contribution in [2.24, 2.45) is 0 Å². The minimum Gasteiger partial charge on any atom is -0.390 e. The number of hydrogen-bond donors (Lipinski definition) is 1. The summed E-state index contributed by atoms with van der Waals surface area (Å²) in [5, 5.41) is 20.3. The maximum absolute atomic E-state index is 10.7. The van der Waals surface area contributed by atoms with Gasteiger partial charge in [-0.15, -0.1) is 0 Å². The molecule has 0 aliphatic heterocycles. The second-order valence-corrected chi connectivity index (χ2v) is 3.56. The van der Waals surface area contributed by atoms with Gasteiger partial charge in [0.15, 0.2) is 5.69 Å². The number of rotatable bonds is 5. The number of methoxy groups -OCH3 is 1. The molecule has 16 heavy (non-hydrogen) atoms. The lowest BCUT2D eigenvalue weighted by molar-refractivity contribution is -0.397. The van der Waals surface area contributed by atoms with Crippen LogP contribution in [0, 0.1) is 24.0 Å². The van der Waals surface area contributed by atoms with Gasteiger partial charge < -0.3 is 20.0 Å². The monoisotopic (exact) mass is 229 g/mol. The van der Waals surface area contributed by atoms with Crippen LogP contribution in [-0.2, 0) is 11.3 Å². The van der Waals surface area contributed by atoms with Crippen LogP contribution in [-0.4, -0.2) is 39.4 Å². The molecule has 0 spiro atoms. The lowest BCUT2D eigenvalue weighted by Crippen LogP contribution is -2.22. The van der Waals surface area contributed by atoms with Gasteiger partial charge in [0.1, 0.15) is 18.3 Å². The molecule has 0 aliphatic rings. The van der Waals surface area contributed by atoms with Gasteiger partial charge in [0.05, 0.1) is 6.61 Å². The van der Waals surface area contributed by atoms with Crippen molar-refractivity contribution >= 4 is 5.95 Å². The Labute approximate surface area is 92.8 Å². The van der Waals surface area contributed by atoms with Crippen LogP contribution in [0.25, 0.3) is 0 Å². The lowest BCUT2D eigenvalue weighted by atomic mass is 10.3. The fourth-order valence-corrected chi connectivity index (χ4v) is 1.45. The summed E-state index contributed by atoms with van der Waals surface area (Å²) in [6.45, 7) is 3.67. The normalized spacial score (nSPS) is 12.8. The molecule has 0 aromatic carbocycles. The third-order valence-electron chi connectivity index (χ3n) is 2.35. The second kappa shape index (κ2) is 5.04. The highest BCUT2D eigenvalue weighted by molar-refractivity contribution is 5.22. The predicted molar refractivity (Wildman–Crippen MR) is 56.2 cm³/mol. The van der Waals surface area contributed by atoms with Gasteiger partial charge >= 0.3 is 5.95 Å². The third kappa shape index (κ3) is 2.56. The molecule has 0 fully saturated rings. The number of ether oxygens (including phenoxy) is 1. The molecule has 0 saturated heterocycles. The van der Waals surface area contributed by atoms with Crippen LogP contribution < -0.4 is 0 Å². The van der Waals surface area contributed by atoms with Crippen molar-refractivity contribution in [3.63, 3.8) is 0 Å². The van der Waals surface area contributed by atoms with Gasteiger partial charge in [0, 0.05) is 7.11 Å². The third-order valence-corrected chi connectivity index (χ3v) is 2.35. The van der Waals surface area contributed by atoms with Crippen LogP contribution in [0.15, 0.2) is 0 Å². The number of aryl methyl sites for hydroxylation is 1. The van der Waals surface area contributed by atoms with E-state index < -0.39 is 11.0 Å². The van der Waals surface area contributed by atoms with E-state index in [1.54, 1.807) is 13.8 Å². The van der Waals surface area contributed by atoms with Crippen molar-refractivity contribution < 1.29 is 14.8 Å². The zero-order valence-corrected chi connectivity index (χ0v) is 9.51. The van der Waals surface area contributed by atoms with Crippen molar-refractivity contribution in [3.05, 3.63) is 21.5 Å². The van der Waals surface area contributed by atoms with Gasteiger partial charge in [-0.05, 0) is 18.8 Å². The number of aliphatic hydroxyl groups is 1. The molecule has 1 atom stereocenters. The number of nitrogens with zero attached hydrogens (tertiary/aromatic N) is 3. The summed E-state index contributed by atoms with van der Waals surface area (Å²) in [6.07, 6.45) is -0.781. The van der Waals surface area contributed by atoms with E-state index in [2.05, 4.69) is 4.98 Å². The summed E-state index contributed by atoms with van der Waals surface area (Å²) in [5.41, 5.74) is 1.28. The highest BCUT2D eigenvalue weighted by atomic mass is 16.6.